The maximum Gasteiger partial charge on any atom is 0.0712 e. The van der Waals surface area contributed by atoms with Crippen molar-refractivity contribution in [1.82, 2.24) is 5.32 Å². The monoisotopic (exact) mass is 205 g/mol. The van der Waals surface area contributed by atoms with E-state index >= 15 is 0 Å². The van der Waals surface area contributed by atoms with E-state index in [4.69, 9.17) is 0 Å². The van der Waals surface area contributed by atoms with Crippen molar-refractivity contribution < 1.29 is 0 Å². The van der Waals surface area contributed by atoms with Crippen molar-refractivity contribution in [3.63, 3.8) is 0 Å². The standard InChI is InChI=1S/C9H19NS2/c1-7-5-8(2)12-9(3,11-7)6-10-4/h7-8,10H,5-6H2,1-4H3/t7-,8-/m0/s1. The third-order valence-electron chi connectivity index (χ3n) is 2.06. The molecule has 1 nitrogen and oxygen atoms in total. The molecular weight excluding hydrogens is 186 g/mol. The first-order valence-corrected chi connectivity index (χ1v) is 6.32. The Hall–Kier alpha value is 0.660. The summed E-state index contributed by atoms with van der Waals surface area (Å²) < 4.78 is 0.395. The SMILES string of the molecule is CNCC1(C)S[C@@H](C)C[C@H](C)S1. The predicted molar refractivity (Wildman–Crippen MR) is 61.1 cm³/mol. The fourth-order valence-corrected chi connectivity index (χ4v) is 6.10. The molecule has 0 bridgehead atoms. The minimum atomic E-state index is 0.395. The van der Waals surface area contributed by atoms with Gasteiger partial charge in [-0.15, -0.1) is 23.5 Å². The molecule has 0 aromatic heterocycles. The normalized spacial score (nSPS) is 43.0. The van der Waals surface area contributed by atoms with Crippen LogP contribution in [0.4, 0.5) is 0 Å². The van der Waals surface area contributed by atoms with Gasteiger partial charge in [0.25, 0.3) is 0 Å². The van der Waals surface area contributed by atoms with Crippen molar-refractivity contribution in [1.29, 1.82) is 0 Å². The Kier molecular flexibility index (Phi) is 3.80. The summed E-state index contributed by atoms with van der Waals surface area (Å²) in [5.41, 5.74) is 0. The minimum Gasteiger partial charge on any atom is -0.318 e. The number of nitrogens with one attached hydrogen (secondary N) is 1. The van der Waals surface area contributed by atoms with Gasteiger partial charge in [0, 0.05) is 17.0 Å². The lowest BCUT2D eigenvalue weighted by Gasteiger charge is -2.39. The Labute approximate surface area is 84.4 Å². The molecule has 0 saturated carbocycles. The lowest BCUT2D eigenvalue weighted by atomic mass is 10.3. The highest BCUT2D eigenvalue weighted by molar-refractivity contribution is 8.19. The number of rotatable bonds is 2. The van der Waals surface area contributed by atoms with Crippen molar-refractivity contribution in [3.05, 3.63) is 0 Å². The topological polar surface area (TPSA) is 12.0 Å². The van der Waals surface area contributed by atoms with Gasteiger partial charge in [-0.05, 0) is 20.4 Å². The van der Waals surface area contributed by atoms with Crippen LogP contribution in [0.1, 0.15) is 27.2 Å². The molecule has 3 heteroatoms. The molecule has 72 valence electrons. The van der Waals surface area contributed by atoms with Gasteiger partial charge in [-0.3, -0.25) is 0 Å². The first-order chi connectivity index (χ1) is 5.56. The van der Waals surface area contributed by atoms with Gasteiger partial charge in [-0.1, -0.05) is 13.8 Å². The van der Waals surface area contributed by atoms with Crippen LogP contribution in [0.3, 0.4) is 0 Å². The molecule has 0 spiro atoms. The van der Waals surface area contributed by atoms with Crippen LogP contribution in [0.2, 0.25) is 0 Å². The molecule has 1 aliphatic heterocycles. The molecule has 0 aromatic rings. The molecular formula is C9H19NS2. The molecule has 1 fully saturated rings. The second-order valence-corrected chi connectivity index (χ2v) is 7.90. The molecule has 1 rings (SSSR count). The Morgan fingerprint density at radius 2 is 1.83 bits per heavy atom. The fraction of sp³-hybridized carbons (Fsp3) is 1.00. The Morgan fingerprint density at radius 1 is 1.33 bits per heavy atom. The predicted octanol–water partition coefficient (Wildman–Crippen LogP) is 2.57. The molecule has 0 aromatic carbocycles. The van der Waals surface area contributed by atoms with Crippen molar-refractivity contribution >= 4 is 23.5 Å². The highest BCUT2D eigenvalue weighted by Gasteiger charge is 2.34. The third kappa shape index (κ3) is 2.86. The number of thioether (sulfide) groups is 2. The van der Waals surface area contributed by atoms with E-state index in [1.165, 1.54) is 6.42 Å². The van der Waals surface area contributed by atoms with E-state index in [9.17, 15) is 0 Å². The summed E-state index contributed by atoms with van der Waals surface area (Å²) in [6, 6.07) is 0. The average molecular weight is 205 g/mol. The van der Waals surface area contributed by atoms with Crippen molar-refractivity contribution in [3.8, 4) is 0 Å². The van der Waals surface area contributed by atoms with E-state index in [2.05, 4.69) is 49.6 Å². The summed E-state index contributed by atoms with van der Waals surface area (Å²) >= 11 is 4.23. The zero-order chi connectivity index (χ0) is 9.19. The van der Waals surface area contributed by atoms with Gasteiger partial charge < -0.3 is 5.32 Å². The molecule has 0 unspecified atom stereocenters. The van der Waals surface area contributed by atoms with Crippen LogP contribution in [-0.2, 0) is 0 Å². The van der Waals surface area contributed by atoms with Crippen LogP contribution < -0.4 is 5.32 Å². The Bertz CT molecular complexity index is 139. The summed E-state index contributed by atoms with van der Waals surface area (Å²) in [5, 5.41) is 4.92. The Morgan fingerprint density at radius 3 is 2.25 bits per heavy atom. The summed E-state index contributed by atoms with van der Waals surface area (Å²) in [6.07, 6.45) is 1.36. The summed E-state index contributed by atoms with van der Waals surface area (Å²) in [7, 11) is 2.04. The third-order valence-corrected chi connectivity index (χ3v) is 5.12. The first kappa shape index (κ1) is 10.7. The van der Waals surface area contributed by atoms with E-state index in [0.717, 1.165) is 17.0 Å². The van der Waals surface area contributed by atoms with Gasteiger partial charge in [0.2, 0.25) is 0 Å². The second kappa shape index (κ2) is 4.25. The zero-order valence-corrected chi connectivity index (χ0v) is 10.0. The highest BCUT2D eigenvalue weighted by atomic mass is 32.2. The van der Waals surface area contributed by atoms with Gasteiger partial charge in [0.05, 0.1) is 4.08 Å². The largest absolute Gasteiger partial charge is 0.318 e. The van der Waals surface area contributed by atoms with Gasteiger partial charge in [0.15, 0.2) is 0 Å². The fourth-order valence-electron chi connectivity index (χ4n) is 1.85. The molecule has 1 heterocycles. The first-order valence-electron chi connectivity index (χ1n) is 4.56. The lowest BCUT2D eigenvalue weighted by molar-refractivity contribution is 0.707. The average Bonchev–Trinajstić information content (AvgIpc) is 1.82. The van der Waals surface area contributed by atoms with Gasteiger partial charge in [0.1, 0.15) is 0 Å². The van der Waals surface area contributed by atoms with Crippen molar-refractivity contribution in [2.75, 3.05) is 13.6 Å². The van der Waals surface area contributed by atoms with Crippen LogP contribution in [0.25, 0.3) is 0 Å². The van der Waals surface area contributed by atoms with Crippen molar-refractivity contribution in [2.24, 2.45) is 0 Å². The Balaban J connectivity index is 2.52. The smallest absolute Gasteiger partial charge is 0.0712 e. The van der Waals surface area contributed by atoms with E-state index in [-0.39, 0.29) is 0 Å². The molecule has 0 amide bonds. The quantitative estimate of drug-likeness (QED) is 0.744. The molecule has 1 aliphatic rings. The second-order valence-electron chi connectivity index (χ2n) is 3.76. The van der Waals surface area contributed by atoms with Gasteiger partial charge in [-0.25, -0.2) is 0 Å². The van der Waals surface area contributed by atoms with Crippen LogP contribution in [0.5, 0.6) is 0 Å². The lowest BCUT2D eigenvalue weighted by Crippen LogP contribution is -2.37. The van der Waals surface area contributed by atoms with Crippen LogP contribution in [-0.4, -0.2) is 28.2 Å². The van der Waals surface area contributed by atoms with Crippen molar-refractivity contribution in [2.45, 2.75) is 41.8 Å². The maximum atomic E-state index is 3.28. The summed E-state index contributed by atoms with van der Waals surface area (Å²) in [6.45, 7) is 8.14. The number of hydrogen-bond donors (Lipinski definition) is 1. The molecule has 2 atom stereocenters. The van der Waals surface area contributed by atoms with E-state index < -0.39 is 0 Å². The van der Waals surface area contributed by atoms with Gasteiger partial charge in [-0.2, -0.15) is 0 Å². The maximum absolute atomic E-state index is 3.28. The molecule has 1 saturated heterocycles. The van der Waals surface area contributed by atoms with Gasteiger partial charge >= 0.3 is 0 Å². The zero-order valence-electron chi connectivity index (χ0n) is 8.39. The molecule has 0 radical (unpaired) electrons. The molecule has 0 aliphatic carbocycles. The summed E-state index contributed by atoms with van der Waals surface area (Å²) in [5.74, 6) is 0. The van der Waals surface area contributed by atoms with E-state index in [1.54, 1.807) is 0 Å². The molecule has 1 N–H and O–H groups in total. The van der Waals surface area contributed by atoms with Crippen LogP contribution in [0.15, 0.2) is 0 Å². The van der Waals surface area contributed by atoms with Crippen LogP contribution in [0, 0.1) is 0 Å². The van der Waals surface area contributed by atoms with Crippen LogP contribution >= 0.6 is 23.5 Å². The minimum absolute atomic E-state index is 0.395. The molecule has 12 heavy (non-hydrogen) atoms. The highest BCUT2D eigenvalue weighted by Crippen LogP contribution is 2.48. The van der Waals surface area contributed by atoms with E-state index in [0.29, 0.717) is 4.08 Å². The summed E-state index contributed by atoms with van der Waals surface area (Å²) in [4.78, 5) is 0. The van der Waals surface area contributed by atoms with E-state index in [1.807, 2.05) is 7.05 Å². The number of hydrogen-bond acceptors (Lipinski definition) is 3.